The summed E-state index contributed by atoms with van der Waals surface area (Å²) in [6.45, 7) is 2.29. The van der Waals surface area contributed by atoms with E-state index >= 15 is 0 Å². The fourth-order valence-corrected chi connectivity index (χ4v) is 2.38. The lowest BCUT2D eigenvalue weighted by Gasteiger charge is -2.10. The maximum absolute atomic E-state index is 13.9. The van der Waals surface area contributed by atoms with Gasteiger partial charge in [0.2, 0.25) is 0 Å². The van der Waals surface area contributed by atoms with Gasteiger partial charge in [0, 0.05) is 10.7 Å². The number of amides is 1. The lowest BCUT2D eigenvalue weighted by Crippen LogP contribution is -2.13. The van der Waals surface area contributed by atoms with Crippen LogP contribution in [-0.4, -0.2) is 17.6 Å². The number of anilines is 1. The van der Waals surface area contributed by atoms with Crippen LogP contribution in [0.15, 0.2) is 42.0 Å². The van der Waals surface area contributed by atoms with Crippen molar-refractivity contribution in [3.8, 4) is 17.6 Å². The molecule has 0 saturated carbocycles. The Kier molecular flexibility index (Phi) is 7.21. The normalized spacial score (nSPS) is 11.0. The molecule has 0 unspecified atom stereocenters. The first kappa shape index (κ1) is 20.3. The lowest BCUT2D eigenvalue weighted by molar-refractivity contribution is -0.112. The smallest absolute Gasteiger partial charge is 0.266 e. The van der Waals surface area contributed by atoms with Crippen molar-refractivity contribution in [3.05, 3.63) is 58.4 Å². The van der Waals surface area contributed by atoms with E-state index in [0.29, 0.717) is 17.3 Å². The minimum Gasteiger partial charge on any atom is -0.502 e. The first-order valence-electron chi connectivity index (χ1n) is 8.28. The molecule has 5 nitrogen and oxygen atoms in total. The Bertz CT molecular complexity index is 907. The Morgan fingerprint density at radius 3 is 2.85 bits per heavy atom. The van der Waals surface area contributed by atoms with Crippen molar-refractivity contribution in [1.29, 1.82) is 5.26 Å². The summed E-state index contributed by atoms with van der Waals surface area (Å²) >= 11 is 5.86. The minimum atomic E-state index is -0.900. The third-order valence-corrected chi connectivity index (χ3v) is 3.80. The highest BCUT2D eigenvalue weighted by atomic mass is 35.5. The summed E-state index contributed by atoms with van der Waals surface area (Å²) in [6.07, 6.45) is 2.84. The lowest BCUT2D eigenvalue weighted by atomic mass is 10.1. The summed E-state index contributed by atoms with van der Waals surface area (Å²) < 4.78 is 19.3. The second-order valence-electron chi connectivity index (χ2n) is 5.69. The van der Waals surface area contributed by atoms with E-state index in [9.17, 15) is 19.6 Å². The SMILES string of the molecule is CCCCOc1cc(C=C(C#N)C(=O)Nc2cccc(Cl)c2)cc(F)c1O. The van der Waals surface area contributed by atoms with Gasteiger partial charge in [-0.3, -0.25) is 4.79 Å². The van der Waals surface area contributed by atoms with Crippen LogP contribution in [0.4, 0.5) is 10.1 Å². The van der Waals surface area contributed by atoms with Gasteiger partial charge in [-0.1, -0.05) is 31.0 Å². The number of rotatable bonds is 7. The van der Waals surface area contributed by atoms with Gasteiger partial charge in [0.25, 0.3) is 5.91 Å². The topological polar surface area (TPSA) is 82.3 Å². The molecule has 0 aliphatic heterocycles. The molecule has 0 aromatic heterocycles. The molecule has 0 atom stereocenters. The highest BCUT2D eigenvalue weighted by Gasteiger charge is 2.14. The fraction of sp³-hybridized carbons (Fsp3) is 0.200. The average molecular weight is 389 g/mol. The number of aromatic hydroxyl groups is 1. The molecule has 0 fully saturated rings. The van der Waals surface area contributed by atoms with E-state index in [2.05, 4.69) is 5.32 Å². The number of nitrogens with zero attached hydrogens (tertiary/aromatic N) is 1. The number of hydrogen-bond acceptors (Lipinski definition) is 4. The van der Waals surface area contributed by atoms with E-state index in [1.165, 1.54) is 18.2 Å². The van der Waals surface area contributed by atoms with Gasteiger partial charge in [0.15, 0.2) is 17.3 Å². The number of phenolic OH excluding ortho intramolecular Hbond substituents is 1. The third kappa shape index (κ3) is 5.73. The van der Waals surface area contributed by atoms with Crippen molar-refractivity contribution in [1.82, 2.24) is 0 Å². The number of halogens is 2. The molecule has 140 valence electrons. The van der Waals surface area contributed by atoms with Gasteiger partial charge >= 0.3 is 0 Å². The van der Waals surface area contributed by atoms with Gasteiger partial charge in [-0.15, -0.1) is 0 Å². The van der Waals surface area contributed by atoms with Crippen LogP contribution in [0.1, 0.15) is 25.3 Å². The Labute approximate surface area is 161 Å². The summed E-state index contributed by atoms with van der Waals surface area (Å²) in [5.74, 6) is -2.21. The number of nitrogens with one attached hydrogen (secondary N) is 1. The zero-order valence-electron chi connectivity index (χ0n) is 14.6. The molecule has 0 aliphatic rings. The van der Waals surface area contributed by atoms with Crippen molar-refractivity contribution in [2.45, 2.75) is 19.8 Å². The molecule has 0 saturated heterocycles. The number of phenols is 1. The van der Waals surface area contributed by atoms with Crippen LogP contribution < -0.4 is 10.1 Å². The van der Waals surface area contributed by atoms with Crippen LogP contribution in [0.3, 0.4) is 0 Å². The van der Waals surface area contributed by atoms with E-state index in [-0.39, 0.29) is 16.9 Å². The maximum atomic E-state index is 13.9. The quantitative estimate of drug-likeness (QED) is 0.401. The average Bonchev–Trinajstić information content (AvgIpc) is 2.63. The van der Waals surface area contributed by atoms with E-state index < -0.39 is 17.5 Å². The zero-order valence-corrected chi connectivity index (χ0v) is 15.4. The van der Waals surface area contributed by atoms with Gasteiger partial charge in [-0.25, -0.2) is 4.39 Å². The fourth-order valence-electron chi connectivity index (χ4n) is 2.19. The number of benzene rings is 2. The van der Waals surface area contributed by atoms with E-state index in [4.69, 9.17) is 16.3 Å². The molecule has 2 aromatic carbocycles. The predicted molar refractivity (Wildman–Crippen MR) is 102 cm³/mol. The van der Waals surface area contributed by atoms with Crippen molar-refractivity contribution >= 4 is 29.3 Å². The molecule has 27 heavy (non-hydrogen) atoms. The summed E-state index contributed by atoms with van der Waals surface area (Å²) in [4.78, 5) is 12.3. The molecule has 0 bridgehead atoms. The molecule has 1 amide bonds. The molecule has 2 rings (SSSR count). The van der Waals surface area contributed by atoms with Crippen molar-refractivity contribution in [2.24, 2.45) is 0 Å². The van der Waals surface area contributed by atoms with Crippen LogP contribution in [-0.2, 0) is 4.79 Å². The number of unbranched alkanes of at least 4 members (excludes halogenated alkanes) is 1. The van der Waals surface area contributed by atoms with Gasteiger partial charge in [0.1, 0.15) is 11.6 Å². The second kappa shape index (κ2) is 9.60. The number of hydrogen-bond donors (Lipinski definition) is 2. The van der Waals surface area contributed by atoms with Crippen molar-refractivity contribution in [2.75, 3.05) is 11.9 Å². The summed E-state index contributed by atoms with van der Waals surface area (Å²) in [6, 6.07) is 10.6. The van der Waals surface area contributed by atoms with Gasteiger partial charge < -0.3 is 15.2 Å². The van der Waals surface area contributed by atoms with E-state index in [1.807, 2.05) is 6.92 Å². The first-order valence-corrected chi connectivity index (χ1v) is 8.66. The van der Waals surface area contributed by atoms with E-state index in [0.717, 1.165) is 18.9 Å². The van der Waals surface area contributed by atoms with Crippen molar-refractivity contribution in [3.63, 3.8) is 0 Å². The van der Waals surface area contributed by atoms with Gasteiger partial charge in [0.05, 0.1) is 6.61 Å². The minimum absolute atomic E-state index is 0.0396. The summed E-state index contributed by atoms with van der Waals surface area (Å²) in [5.41, 5.74) is 0.406. The molecular formula is C20H18ClFN2O3. The maximum Gasteiger partial charge on any atom is 0.266 e. The molecule has 7 heteroatoms. The second-order valence-corrected chi connectivity index (χ2v) is 6.12. The van der Waals surface area contributed by atoms with E-state index in [1.54, 1.807) is 24.3 Å². The third-order valence-electron chi connectivity index (χ3n) is 3.56. The summed E-state index contributed by atoms with van der Waals surface area (Å²) in [5, 5.41) is 22.0. The highest BCUT2D eigenvalue weighted by Crippen LogP contribution is 2.31. The number of carbonyl (C=O) groups excluding carboxylic acids is 1. The molecule has 0 heterocycles. The molecule has 2 N–H and O–H groups in total. The monoisotopic (exact) mass is 388 g/mol. The predicted octanol–water partition coefficient (Wildman–Crippen LogP) is 4.91. The van der Waals surface area contributed by atoms with Crippen LogP contribution in [0, 0.1) is 17.1 Å². The van der Waals surface area contributed by atoms with Crippen molar-refractivity contribution < 1.29 is 19.0 Å². The molecular weight excluding hydrogens is 371 g/mol. The Balaban J connectivity index is 2.25. The first-order chi connectivity index (χ1) is 12.9. The Morgan fingerprint density at radius 2 is 2.19 bits per heavy atom. The summed E-state index contributed by atoms with van der Waals surface area (Å²) in [7, 11) is 0. The molecule has 0 aliphatic carbocycles. The number of ether oxygens (including phenoxy) is 1. The van der Waals surface area contributed by atoms with Gasteiger partial charge in [-0.2, -0.15) is 5.26 Å². The zero-order chi connectivity index (χ0) is 19.8. The van der Waals surface area contributed by atoms with Crippen LogP contribution in [0.2, 0.25) is 5.02 Å². The van der Waals surface area contributed by atoms with Gasteiger partial charge in [-0.05, 0) is 48.4 Å². The Morgan fingerprint density at radius 1 is 1.41 bits per heavy atom. The van der Waals surface area contributed by atoms with Crippen LogP contribution in [0.25, 0.3) is 6.08 Å². The standard InChI is InChI=1S/C20H18ClFN2O3/c1-2-3-7-27-18-10-13(9-17(22)19(18)25)8-14(12-23)20(26)24-16-6-4-5-15(21)11-16/h4-6,8-11,25H,2-3,7H2,1H3,(H,24,26). The number of nitriles is 1. The number of carbonyl (C=O) groups is 1. The molecule has 0 radical (unpaired) electrons. The highest BCUT2D eigenvalue weighted by molar-refractivity contribution is 6.31. The Hall–Kier alpha value is -3.04. The van der Waals surface area contributed by atoms with Crippen LogP contribution in [0.5, 0.6) is 11.5 Å². The van der Waals surface area contributed by atoms with Crippen LogP contribution >= 0.6 is 11.6 Å². The molecule has 0 spiro atoms. The largest absolute Gasteiger partial charge is 0.502 e. The molecule has 2 aromatic rings.